The fourth-order valence-electron chi connectivity index (χ4n) is 2.62. The Bertz CT molecular complexity index is 502. The summed E-state index contributed by atoms with van der Waals surface area (Å²) < 4.78 is 4.90. The topological polar surface area (TPSA) is 84.0 Å². The van der Waals surface area contributed by atoms with Crippen LogP contribution >= 0.6 is 11.8 Å². The molecule has 0 atom stereocenters. The van der Waals surface area contributed by atoms with Gasteiger partial charge >= 0.3 is 0 Å². The summed E-state index contributed by atoms with van der Waals surface area (Å²) in [7, 11) is 1.62. The zero-order valence-corrected chi connectivity index (χ0v) is 13.3. The van der Waals surface area contributed by atoms with E-state index in [1.807, 2.05) is 24.5 Å². The Hall–Kier alpha value is -1.47. The third kappa shape index (κ3) is 3.59. The normalized spacial score (nSPS) is 19.4. The Morgan fingerprint density at radius 2 is 2.24 bits per heavy atom. The number of thioether (sulfide) groups is 1. The maximum Gasteiger partial charge on any atom is 0.213 e. The van der Waals surface area contributed by atoms with Gasteiger partial charge in [-0.2, -0.15) is 11.8 Å². The van der Waals surface area contributed by atoms with Crippen LogP contribution in [0.5, 0.6) is 5.88 Å². The van der Waals surface area contributed by atoms with Crippen molar-refractivity contribution in [3.63, 3.8) is 0 Å². The van der Waals surface area contributed by atoms with E-state index in [0.29, 0.717) is 11.7 Å². The summed E-state index contributed by atoms with van der Waals surface area (Å²) in [6, 6.07) is 5.80. The minimum Gasteiger partial charge on any atom is -0.481 e. The number of piperidine rings is 1. The second-order valence-electron chi connectivity index (χ2n) is 5.13. The number of nitrogens with two attached hydrogens (primary N) is 1. The third-order valence-electron chi connectivity index (χ3n) is 4.00. The number of hydrogen-bond donors (Lipinski definition) is 2. The molecule has 1 aliphatic rings. The number of nitrogens with zero attached hydrogens (tertiary/aromatic N) is 3. The maximum absolute atomic E-state index is 8.95. The van der Waals surface area contributed by atoms with Crippen molar-refractivity contribution in [2.75, 3.05) is 26.5 Å². The predicted octanol–water partition coefficient (Wildman–Crippen LogP) is 1.53. The lowest BCUT2D eigenvalue weighted by atomic mass is 9.94. The number of ether oxygens (including phenoxy) is 1. The summed E-state index contributed by atoms with van der Waals surface area (Å²) in [6.07, 6.45) is 3.75. The Morgan fingerprint density at radius 3 is 2.81 bits per heavy atom. The molecular weight excluding hydrogens is 288 g/mol. The summed E-state index contributed by atoms with van der Waals surface area (Å²) in [4.78, 5) is 6.77. The summed E-state index contributed by atoms with van der Waals surface area (Å²) in [5.74, 6) is 0.966. The van der Waals surface area contributed by atoms with Crippen molar-refractivity contribution in [2.24, 2.45) is 10.9 Å². The number of methoxy groups -OCH3 is 1. The van der Waals surface area contributed by atoms with Crippen molar-refractivity contribution in [3.8, 4) is 5.88 Å². The number of likely N-dealkylation sites (tertiary alicyclic amines) is 1. The number of rotatable bonds is 5. The van der Waals surface area contributed by atoms with Crippen molar-refractivity contribution >= 4 is 17.6 Å². The standard InChI is InChI=1S/C14H22N4O2S/c1-20-12-5-3-4-11(16-12)10-18-8-6-14(21-2,7-9-18)13(15)17-19/h3-5,19H,6-10H2,1-2H3,(H2,15,17). The quantitative estimate of drug-likeness (QED) is 0.371. The fourth-order valence-corrected chi connectivity index (χ4v) is 3.46. The molecule has 0 bridgehead atoms. The Balaban J connectivity index is 1.97. The van der Waals surface area contributed by atoms with E-state index in [0.717, 1.165) is 38.2 Å². The second kappa shape index (κ2) is 7.00. The van der Waals surface area contributed by atoms with Gasteiger partial charge in [0.05, 0.1) is 17.6 Å². The van der Waals surface area contributed by atoms with Crippen molar-refractivity contribution < 1.29 is 9.94 Å². The lowest BCUT2D eigenvalue weighted by molar-refractivity contribution is 0.206. The molecule has 3 N–H and O–H groups in total. The molecule has 0 aliphatic carbocycles. The third-order valence-corrected chi connectivity index (χ3v) is 5.40. The van der Waals surface area contributed by atoms with Crippen molar-refractivity contribution in [1.29, 1.82) is 0 Å². The first-order valence-corrected chi connectivity index (χ1v) is 8.11. The molecule has 1 aromatic rings. The van der Waals surface area contributed by atoms with Gasteiger partial charge in [0.2, 0.25) is 5.88 Å². The van der Waals surface area contributed by atoms with Gasteiger partial charge in [-0.3, -0.25) is 4.90 Å². The SMILES string of the molecule is COc1cccc(CN2CCC(SC)(C(N)=NO)CC2)n1. The van der Waals surface area contributed by atoms with Crippen molar-refractivity contribution in [2.45, 2.75) is 24.1 Å². The number of amidine groups is 1. The van der Waals surface area contributed by atoms with Crippen LogP contribution in [0, 0.1) is 0 Å². The van der Waals surface area contributed by atoms with Gasteiger partial charge in [-0.1, -0.05) is 11.2 Å². The van der Waals surface area contributed by atoms with Crippen LogP contribution in [0.3, 0.4) is 0 Å². The number of aromatic nitrogens is 1. The second-order valence-corrected chi connectivity index (χ2v) is 6.32. The highest BCUT2D eigenvalue weighted by molar-refractivity contribution is 8.00. The van der Waals surface area contributed by atoms with Crippen LogP contribution in [0.1, 0.15) is 18.5 Å². The molecule has 2 heterocycles. The van der Waals surface area contributed by atoms with Gasteiger partial charge < -0.3 is 15.7 Å². The zero-order valence-electron chi connectivity index (χ0n) is 12.5. The van der Waals surface area contributed by atoms with Gasteiger partial charge in [0.25, 0.3) is 0 Å². The highest BCUT2D eigenvalue weighted by atomic mass is 32.2. The molecule has 0 amide bonds. The van der Waals surface area contributed by atoms with Gasteiger partial charge in [-0.15, -0.1) is 0 Å². The Morgan fingerprint density at radius 1 is 1.52 bits per heavy atom. The highest BCUT2D eigenvalue weighted by Crippen LogP contribution is 2.35. The van der Waals surface area contributed by atoms with E-state index in [2.05, 4.69) is 15.0 Å². The summed E-state index contributed by atoms with van der Waals surface area (Å²) in [5, 5.41) is 12.2. The molecule has 0 aromatic carbocycles. The van der Waals surface area contributed by atoms with Crippen LogP contribution in [-0.4, -0.2) is 52.1 Å². The zero-order chi connectivity index (χ0) is 15.3. The van der Waals surface area contributed by atoms with E-state index in [9.17, 15) is 0 Å². The average molecular weight is 310 g/mol. The van der Waals surface area contributed by atoms with E-state index in [-0.39, 0.29) is 4.75 Å². The Kier molecular flexibility index (Phi) is 5.30. The van der Waals surface area contributed by atoms with E-state index < -0.39 is 0 Å². The van der Waals surface area contributed by atoms with Crippen LogP contribution < -0.4 is 10.5 Å². The first-order chi connectivity index (χ1) is 10.1. The van der Waals surface area contributed by atoms with Crippen molar-refractivity contribution in [1.82, 2.24) is 9.88 Å². The number of oxime groups is 1. The molecule has 0 unspecified atom stereocenters. The lowest BCUT2D eigenvalue weighted by Gasteiger charge is -2.39. The van der Waals surface area contributed by atoms with E-state index in [4.69, 9.17) is 15.7 Å². The maximum atomic E-state index is 8.95. The number of pyridine rings is 1. The first kappa shape index (κ1) is 15.9. The van der Waals surface area contributed by atoms with Crippen LogP contribution in [0.4, 0.5) is 0 Å². The molecule has 2 rings (SSSR count). The van der Waals surface area contributed by atoms with Crippen LogP contribution in [0.15, 0.2) is 23.4 Å². The van der Waals surface area contributed by atoms with Crippen LogP contribution in [0.2, 0.25) is 0 Å². The van der Waals surface area contributed by atoms with Gasteiger partial charge in [-0.05, 0) is 25.2 Å². The highest BCUT2D eigenvalue weighted by Gasteiger charge is 2.38. The number of hydrogen-bond acceptors (Lipinski definition) is 6. The smallest absolute Gasteiger partial charge is 0.213 e. The predicted molar refractivity (Wildman–Crippen MR) is 85.0 cm³/mol. The summed E-state index contributed by atoms with van der Waals surface area (Å²) >= 11 is 1.66. The molecule has 1 fully saturated rings. The molecule has 1 aromatic heterocycles. The minimum absolute atomic E-state index is 0.243. The van der Waals surface area contributed by atoms with Gasteiger partial charge in [-0.25, -0.2) is 4.98 Å². The molecule has 7 heteroatoms. The van der Waals surface area contributed by atoms with Crippen molar-refractivity contribution in [3.05, 3.63) is 23.9 Å². The Labute approximate surface area is 129 Å². The molecule has 1 aliphatic heterocycles. The van der Waals surface area contributed by atoms with E-state index in [1.54, 1.807) is 18.9 Å². The molecule has 1 saturated heterocycles. The molecule has 6 nitrogen and oxygen atoms in total. The fraction of sp³-hybridized carbons (Fsp3) is 0.571. The first-order valence-electron chi connectivity index (χ1n) is 6.89. The van der Waals surface area contributed by atoms with Crippen LogP contribution in [-0.2, 0) is 6.54 Å². The van der Waals surface area contributed by atoms with Gasteiger partial charge in [0, 0.05) is 25.7 Å². The molecule has 0 spiro atoms. The molecule has 21 heavy (non-hydrogen) atoms. The molecular formula is C14H22N4O2S. The monoisotopic (exact) mass is 310 g/mol. The summed E-state index contributed by atoms with van der Waals surface area (Å²) in [6.45, 7) is 2.59. The van der Waals surface area contributed by atoms with Gasteiger partial charge in [0.15, 0.2) is 5.84 Å². The molecule has 0 saturated carbocycles. The molecule has 0 radical (unpaired) electrons. The largest absolute Gasteiger partial charge is 0.481 e. The van der Waals surface area contributed by atoms with E-state index >= 15 is 0 Å². The van der Waals surface area contributed by atoms with E-state index in [1.165, 1.54) is 0 Å². The average Bonchev–Trinajstić information content (AvgIpc) is 2.55. The van der Waals surface area contributed by atoms with Gasteiger partial charge in [0.1, 0.15) is 0 Å². The lowest BCUT2D eigenvalue weighted by Crippen LogP contribution is -2.49. The summed E-state index contributed by atoms with van der Waals surface area (Å²) in [5.41, 5.74) is 6.86. The molecule has 116 valence electrons. The van der Waals surface area contributed by atoms with Crippen LogP contribution in [0.25, 0.3) is 0 Å². The minimum atomic E-state index is -0.243.